The van der Waals surface area contributed by atoms with Gasteiger partial charge in [-0.3, -0.25) is 4.57 Å². The predicted molar refractivity (Wildman–Crippen MR) is 176 cm³/mol. The number of nitrogens with zero attached hydrogens (tertiary/aromatic N) is 4. The summed E-state index contributed by atoms with van der Waals surface area (Å²) < 4.78 is 2.29. The maximum atomic E-state index is 4.74. The van der Waals surface area contributed by atoms with E-state index < -0.39 is 0 Å². The number of hydrogen-bond donors (Lipinski definition) is 0. The predicted octanol–water partition coefficient (Wildman–Crippen LogP) is 9.89. The molecule has 0 spiro atoms. The van der Waals surface area contributed by atoms with Crippen molar-refractivity contribution >= 4 is 56.3 Å². The Morgan fingerprint density at radius 1 is 0.571 bits per heavy atom. The van der Waals surface area contributed by atoms with E-state index in [4.69, 9.17) is 4.98 Å². The lowest BCUT2D eigenvalue weighted by Gasteiger charge is -2.22. The largest absolute Gasteiger partial charge is 0.321 e. The van der Waals surface area contributed by atoms with Crippen molar-refractivity contribution < 1.29 is 0 Å². The first kappa shape index (κ1) is 24.8. The Hall–Kier alpha value is -5.00. The van der Waals surface area contributed by atoms with Crippen LogP contribution in [-0.2, 0) is 0 Å². The smallest absolute Gasteiger partial charge is 0.137 e. The number of aryl methyl sites for hydroxylation is 1. The van der Waals surface area contributed by atoms with E-state index in [1.807, 2.05) is 12.3 Å². The highest BCUT2D eigenvalue weighted by atomic mass is 32.2. The fraction of sp³-hybridized carbons (Fsp3) is 0.0541. The van der Waals surface area contributed by atoms with Crippen LogP contribution < -0.4 is 9.80 Å². The van der Waals surface area contributed by atoms with Gasteiger partial charge < -0.3 is 9.80 Å². The Bertz CT molecular complexity index is 2080. The maximum absolute atomic E-state index is 4.74. The summed E-state index contributed by atoms with van der Waals surface area (Å²) in [5.74, 6) is 0.945. The van der Waals surface area contributed by atoms with Crippen LogP contribution in [0.5, 0.6) is 0 Å². The lowest BCUT2D eigenvalue weighted by Crippen LogP contribution is -2.23. The molecule has 42 heavy (non-hydrogen) atoms. The lowest BCUT2D eigenvalue weighted by atomic mass is 10.2. The SMILES string of the molecule is Cc1ccnc(-n2c3ccccc3c3ccc(Sc4cccc(N5CN(c6ccccc6)c6ccccc65)c4)cc32)c1. The highest BCUT2D eigenvalue weighted by Crippen LogP contribution is 2.45. The first-order valence-corrected chi connectivity index (χ1v) is 15.0. The third kappa shape index (κ3) is 4.21. The molecular weight excluding hydrogens is 533 g/mol. The summed E-state index contributed by atoms with van der Waals surface area (Å²) in [5.41, 5.74) is 8.37. The lowest BCUT2D eigenvalue weighted by molar-refractivity contribution is 0.988. The molecule has 0 atom stereocenters. The molecule has 0 aliphatic carbocycles. The van der Waals surface area contributed by atoms with Crippen LogP contribution in [0.25, 0.3) is 27.6 Å². The zero-order valence-corrected chi connectivity index (χ0v) is 24.0. The number of para-hydroxylation sites is 4. The molecule has 0 bridgehead atoms. The second-order valence-corrected chi connectivity index (χ2v) is 11.8. The topological polar surface area (TPSA) is 24.3 Å². The minimum Gasteiger partial charge on any atom is -0.321 e. The van der Waals surface area contributed by atoms with Crippen molar-refractivity contribution in [2.24, 2.45) is 0 Å². The number of aromatic nitrogens is 2. The Morgan fingerprint density at radius 3 is 2.10 bits per heavy atom. The molecule has 5 heteroatoms. The molecule has 0 saturated carbocycles. The third-order valence-electron chi connectivity index (χ3n) is 7.95. The number of benzene rings is 5. The van der Waals surface area contributed by atoms with Crippen molar-refractivity contribution in [2.45, 2.75) is 16.7 Å². The summed E-state index contributed by atoms with van der Waals surface area (Å²) >= 11 is 1.80. The van der Waals surface area contributed by atoms with Crippen LogP contribution in [0.2, 0.25) is 0 Å². The van der Waals surface area contributed by atoms with Crippen molar-refractivity contribution in [3.05, 3.63) is 145 Å². The van der Waals surface area contributed by atoms with Gasteiger partial charge in [0, 0.05) is 38.1 Å². The van der Waals surface area contributed by atoms with Crippen molar-refractivity contribution in [3.63, 3.8) is 0 Å². The average Bonchev–Trinajstić information content (AvgIpc) is 3.58. The van der Waals surface area contributed by atoms with E-state index in [1.54, 1.807) is 11.8 Å². The molecule has 0 amide bonds. The maximum Gasteiger partial charge on any atom is 0.137 e. The molecule has 2 aromatic heterocycles. The zero-order chi connectivity index (χ0) is 28.0. The summed E-state index contributed by atoms with van der Waals surface area (Å²) in [6, 6.07) is 47.7. The number of hydrogen-bond acceptors (Lipinski definition) is 4. The van der Waals surface area contributed by atoms with Gasteiger partial charge in [0.25, 0.3) is 0 Å². The molecule has 8 rings (SSSR count). The van der Waals surface area contributed by atoms with Crippen LogP contribution in [0.4, 0.5) is 22.7 Å². The van der Waals surface area contributed by atoms with E-state index in [9.17, 15) is 0 Å². The van der Waals surface area contributed by atoms with Gasteiger partial charge in [-0.25, -0.2) is 4.98 Å². The van der Waals surface area contributed by atoms with E-state index in [1.165, 1.54) is 59.9 Å². The molecule has 0 unspecified atom stereocenters. The molecule has 0 N–H and O–H groups in total. The first-order chi connectivity index (χ1) is 20.7. The van der Waals surface area contributed by atoms with Crippen molar-refractivity contribution in [2.75, 3.05) is 16.5 Å². The van der Waals surface area contributed by atoms with E-state index in [0.717, 1.165) is 12.5 Å². The Kier molecular flexibility index (Phi) is 5.97. The molecule has 7 aromatic rings. The average molecular weight is 561 g/mol. The van der Waals surface area contributed by atoms with Gasteiger partial charge in [0.15, 0.2) is 0 Å². The van der Waals surface area contributed by atoms with Crippen LogP contribution in [0.3, 0.4) is 0 Å². The highest BCUT2D eigenvalue weighted by molar-refractivity contribution is 7.99. The Labute approximate surface area is 249 Å². The molecule has 1 aliphatic rings. The van der Waals surface area contributed by atoms with Crippen molar-refractivity contribution in [1.29, 1.82) is 0 Å². The quantitative estimate of drug-likeness (QED) is 0.209. The van der Waals surface area contributed by atoms with Crippen molar-refractivity contribution in [3.8, 4) is 5.82 Å². The molecule has 0 saturated heterocycles. The molecule has 0 radical (unpaired) electrons. The van der Waals surface area contributed by atoms with Gasteiger partial charge in [0.05, 0.1) is 22.4 Å². The molecule has 0 fully saturated rings. The minimum absolute atomic E-state index is 0.771. The van der Waals surface area contributed by atoms with Crippen LogP contribution in [0, 0.1) is 6.92 Å². The summed E-state index contributed by atoms with van der Waals surface area (Å²) in [6.07, 6.45) is 1.89. The number of anilines is 4. The highest BCUT2D eigenvalue weighted by Gasteiger charge is 2.27. The van der Waals surface area contributed by atoms with Crippen molar-refractivity contribution in [1.82, 2.24) is 9.55 Å². The molecule has 5 aromatic carbocycles. The van der Waals surface area contributed by atoms with Gasteiger partial charge in [-0.2, -0.15) is 0 Å². The normalized spacial score (nSPS) is 12.8. The van der Waals surface area contributed by atoms with Gasteiger partial charge in [0.1, 0.15) is 12.5 Å². The van der Waals surface area contributed by atoms with Crippen LogP contribution >= 0.6 is 11.8 Å². The molecule has 3 heterocycles. The van der Waals surface area contributed by atoms with Crippen LogP contribution in [0.1, 0.15) is 5.56 Å². The summed E-state index contributed by atoms with van der Waals surface area (Å²) in [4.78, 5) is 11.9. The van der Waals surface area contributed by atoms with E-state index in [0.29, 0.717) is 0 Å². The van der Waals surface area contributed by atoms with Crippen LogP contribution in [0.15, 0.2) is 149 Å². The van der Waals surface area contributed by atoms with Crippen LogP contribution in [-0.4, -0.2) is 16.2 Å². The second kappa shape index (κ2) is 10.1. The van der Waals surface area contributed by atoms with Gasteiger partial charge in [-0.05, 0) is 85.3 Å². The van der Waals surface area contributed by atoms with Gasteiger partial charge in [-0.15, -0.1) is 0 Å². The van der Waals surface area contributed by atoms with Gasteiger partial charge >= 0.3 is 0 Å². The third-order valence-corrected chi connectivity index (χ3v) is 8.93. The van der Waals surface area contributed by atoms with E-state index in [-0.39, 0.29) is 0 Å². The molecule has 1 aliphatic heterocycles. The fourth-order valence-corrected chi connectivity index (χ4v) is 6.92. The molecular formula is C37H28N4S. The zero-order valence-electron chi connectivity index (χ0n) is 23.2. The summed E-state index contributed by atoms with van der Waals surface area (Å²) in [5, 5.41) is 2.48. The second-order valence-electron chi connectivity index (χ2n) is 10.6. The monoisotopic (exact) mass is 560 g/mol. The number of rotatable bonds is 5. The summed E-state index contributed by atoms with van der Waals surface area (Å²) in [6.45, 7) is 2.89. The van der Waals surface area contributed by atoms with E-state index in [2.05, 4.69) is 149 Å². The summed E-state index contributed by atoms with van der Waals surface area (Å²) in [7, 11) is 0. The first-order valence-electron chi connectivity index (χ1n) is 14.2. The van der Waals surface area contributed by atoms with Gasteiger partial charge in [-0.1, -0.05) is 72.4 Å². The molecule has 202 valence electrons. The molecule has 4 nitrogen and oxygen atoms in total. The van der Waals surface area contributed by atoms with E-state index >= 15 is 0 Å². The Balaban J connectivity index is 1.16. The van der Waals surface area contributed by atoms with Gasteiger partial charge in [0.2, 0.25) is 0 Å². The minimum atomic E-state index is 0.771. The Morgan fingerprint density at radius 2 is 1.26 bits per heavy atom. The standard InChI is InChI=1S/C37H28N4S/c1-26-20-21-38-37(22-26)41-33-15-6-5-14-31(33)32-19-18-30(24-36(32)41)42-29-13-9-12-28(23-29)40-25-39(27-10-3-2-4-11-27)34-16-7-8-17-35(34)40/h2-24H,25H2,1H3. The fourth-order valence-electron chi connectivity index (χ4n) is 6.02. The number of fused-ring (bicyclic) bond motifs is 4. The number of pyridine rings is 1.